The molecule has 4 aliphatic carbocycles. The van der Waals surface area contributed by atoms with Gasteiger partial charge in [-0.2, -0.15) is 0 Å². The second-order valence-corrected chi connectivity index (χ2v) is 10.3. The molecular weight excluding hydrogens is 352 g/mol. The molecule has 0 unspecified atom stereocenters. The van der Waals surface area contributed by atoms with E-state index in [1.807, 2.05) is 0 Å². The minimum Gasteiger partial charge on any atom is -0.386 e. The molecule has 5 rings (SSSR count). The van der Waals surface area contributed by atoms with E-state index < -0.39 is 11.5 Å². The van der Waals surface area contributed by atoms with Gasteiger partial charge >= 0.3 is 0 Å². The van der Waals surface area contributed by atoms with Gasteiger partial charge in [0, 0.05) is 18.3 Å². The van der Waals surface area contributed by atoms with Gasteiger partial charge in [0.2, 0.25) is 0 Å². The molecule has 28 heavy (non-hydrogen) atoms. The number of carbonyl (C=O) groups excluding carboxylic acids is 1. The van der Waals surface area contributed by atoms with Crippen LogP contribution >= 0.6 is 0 Å². The molecule has 2 fully saturated rings. The number of carbonyl (C=O) groups is 1. The van der Waals surface area contributed by atoms with Crippen molar-refractivity contribution in [3.05, 3.63) is 22.8 Å². The van der Waals surface area contributed by atoms with Gasteiger partial charge in [-0.15, -0.1) is 0 Å². The summed E-state index contributed by atoms with van der Waals surface area (Å²) in [4.78, 5) is 13.0. The summed E-state index contributed by atoms with van der Waals surface area (Å²) in [5.41, 5.74) is 4.26. The highest BCUT2D eigenvalue weighted by molar-refractivity contribution is 5.89. The van der Waals surface area contributed by atoms with Gasteiger partial charge in [-0.1, -0.05) is 25.5 Å². The smallest absolute Gasteiger partial charge is 0.172 e. The Kier molecular flexibility index (Phi) is 4.25. The van der Waals surface area contributed by atoms with Crippen molar-refractivity contribution in [2.75, 3.05) is 13.2 Å². The molecule has 1 aliphatic heterocycles. The third-order valence-corrected chi connectivity index (χ3v) is 9.17. The van der Waals surface area contributed by atoms with Crippen molar-refractivity contribution in [2.45, 2.75) is 84.0 Å². The average Bonchev–Trinajstić information content (AvgIpc) is 3.23. The molecule has 0 amide bonds. The molecule has 1 spiro atoms. The normalized spacial score (nSPS) is 42.6. The first-order chi connectivity index (χ1) is 13.3. The molecule has 1 N–H and O–H groups in total. The Labute approximate surface area is 168 Å². The van der Waals surface area contributed by atoms with Gasteiger partial charge in [0.25, 0.3) is 0 Å². The van der Waals surface area contributed by atoms with Gasteiger partial charge in [-0.05, 0) is 73.8 Å². The lowest BCUT2D eigenvalue weighted by atomic mass is 9.52. The first-order valence-corrected chi connectivity index (χ1v) is 11.2. The molecule has 0 aromatic carbocycles. The first kappa shape index (κ1) is 19.0. The van der Waals surface area contributed by atoms with Crippen LogP contribution < -0.4 is 0 Å². The van der Waals surface area contributed by atoms with E-state index in [1.165, 1.54) is 6.42 Å². The second-order valence-electron chi connectivity index (χ2n) is 10.3. The fraction of sp³-hybridized carbons (Fsp3) is 0.792. The lowest BCUT2D eigenvalue weighted by Crippen LogP contribution is -2.49. The Morgan fingerprint density at radius 3 is 2.64 bits per heavy atom. The summed E-state index contributed by atoms with van der Waals surface area (Å²) in [6.45, 7) is 7.53. The van der Waals surface area contributed by atoms with E-state index in [4.69, 9.17) is 9.47 Å². The van der Waals surface area contributed by atoms with Crippen molar-refractivity contribution in [2.24, 2.45) is 22.7 Å². The molecule has 5 aliphatic rings. The number of hydrogen-bond acceptors (Lipinski definition) is 4. The minimum absolute atomic E-state index is 0.0408. The Morgan fingerprint density at radius 1 is 1.18 bits per heavy atom. The molecule has 0 bridgehead atoms. The van der Waals surface area contributed by atoms with Crippen molar-refractivity contribution in [1.29, 1.82) is 0 Å². The van der Waals surface area contributed by atoms with Gasteiger partial charge < -0.3 is 14.6 Å². The highest BCUT2D eigenvalue weighted by Crippen LogP contribution is 2.66. The minimum atomic E-state index is -0.868. The lowest BCUT2D eigenvalue weighted by molar-refractivity contribution is -0.164. The molecule has 0 aromatic rings. The Bertz CT molecular complexity index is 757. The fourth-order valence-corrected chi connectivity index (χ4v) is 7.41. The van der Waals surface area contributed by atoms with E-state index >= 15 is 0 Å². The number of ether oxygens (including phenoxy) is 2. The summed E-state index contributed by atoms with van der Waals surface area (Å²) in [7, 11) is 0. The molecular formula is C24H34O4. The molecule has 0 radical (unpaired) electrons. The summed E-state index contributed by atoms with van der Waals surface area (Å²) in [5, 5.41) is 10.0. The number of Topliss-reactive ketones (excluding diaryl/α,β-unsaturated/α-hetero) is 1. The predicted molar refractivity (Wildman–Crippen MR) is 107 cm³/mol. The maximum Gasteiger partial charge on any atom is 0.172 e. The number of rotatable bonds is 2. The standard InChI is InChI=1S/C24H34O4/c1-15(25)21(26)23(3)10-8-20-19-5-4-16-14-24(27-12-13-28-24)11-7-17(16)18(19)6-9-22(20,23)2/h6,15,19-20,25H,4-5,7-14H2,1-3H3/t15-,19+,20-,22-,23-/m0/s1. The number of ketones is 1. The van der Waals surface area contributed by atoms with E-state index in [0.29, 0.717) is 11.8 Å². The molecule has 154 valence electrons. The predicted octanol–water partition coefficient (Wildman–Crippen LogP) is 4.32. The lowest BCUT2D eigenvalue weighted by Gasteiger charge is -2.51. The first-order valence-electron chi connectivity index (χ1n) is 11.2. The average molecular weight is 387 g/mol. The van der Waals surface area contributed by atoms with E-state index in [0.717, 1.165) is 58.2 Å². The zero-order valence-corrected chi connectivity index (χ0v) is 17.6. The van der Waals surface area contributed by atoms with Crippen LogP contribution in [0.3, 0.4) is 0 Å². The van der Waals surface area contributed by atoms with E-state index in [9.17, 15) is 9.90 Å². The molecule has 1 heterocycles. The monoisotopic (exact) mass is 386 g/mol. The zero-order chi connectivity index (χ0) is 19.7. The van der Waals surface area contributed by atoms with Crippen LogP contribution in [0.2, 0.25) is 0 Å². The van der Waals surface area contributed by atoms with Crippen LogP contribution in [0.25, 0.3) is 0 Å². The van der Waals surface area contributed by atoms with Crippen LogP contribution in [0.5, 0.6) is 0 Å². The van der Waals surface area contributed by atoms with Gasteiger partial charge in [0.05, 0.1) is 13.2 Å². The third-order valence-electron chi connectivity index (χ3n) is 9.17. The van der Waals surface area contributed by atoms with Gasteiger partial charge in [0.1, 0.15) is 6.10 Å². The highest BCUT2D eigenvalue weighted by Gasteiger charge is 2.61. The van der Waals surface area contributed by atoms with Gasteiger partial charge in [-0.25, -0.2) is 0 Å². The summed E-state index contributed by atoms with van der Waals surface area (Å²) in [5.74, 6) is 0.815. The van der Waals surface area contributed by atoms with Gasteiger partial charge in [-0.3, -0.25) is 4.79 Å². The molecule has 4 nitrogen and oxygen atoms in total. The molecule has 4 heteroatoms. The number of allylic oxidation sites excluding steroid dienone is 3. The Hall–Kier alpha value is -0.970. The van der Waals surface area contributed by atoms with Crippen LogP contribution in [-0.2, 0) is 14.3 Å². The van der Waals surface area contributed by atoms with Crippen molar-refractivity contribution in [3.63, 3.8) is 0 Å². The van der Waals surface area contributed by atoms with Crippen LogP contribution in [0.4, 0.5) is 0 Å². The van der Waals surface area contributed by atoms with E-state index in [1.54, 1.807) is 23.6 Å². The van der Waals surface area contributed by atoms with Crippen molar-refractivity contribution < 1.29 is 19.4 Å². The Balaban J connectivity index is 1.47. The molecule has 1 saturated carbocycles. The fourth-order valence-electron chi connectivity index (χ4n) is 7.41. The van der Waals surface area contributed by atoms with Crippen molar-refractivity contribution in [1.82, 2.24) is 0 Å². The van der Waals surface area contributed by atoms with Crippen LogP contribution in [-0.4, -0.2) is 36.0 Å². The Morgan fingerprint density at radius 2 is 1.93 bits per heavy atom. The van der Waals surface area contributed by atoms with Crippen LogP contribution in [0.1, 0.15) is 72.1 Å². The largest absolute Gasteiger partial charge is 0.386 e. The quantitative estimate of drug-likeness (QED) is 0.768. The molecule has 5 atom stereocenters. The zero-order valence-electron chi connectivity index (χ0n) is 17.6. The number of fused-ring (bicyclic) bond motifs is 4. The van der Waals surface area contributed by atoms with E-state index in [-0.39, 0.29) is 17.0 Å². The SMILES string of the molecule is C[C@H](O)C(=O)[C@]1(C)CC[C@H]2[C@@H]3CCC4=C(CCC5(C4)OCCO5)C3=CC[C@@]21C. The van der Waals surface area contributed by atoms with Crippen LogP contribution in [0.15, 0.2) is 22.8 Å². The molecule has 1 saturated heterocycles. The van der Waals surface area contributed by atoms with E-state index in [2.05, 4.69) is 19.9 Å². The summed E-state index contributed by atoms with van der Waals surface area (Å²) in [6, 6.07) is 0. The topological polar surface area (TPSA) is 55.8 Å². The van der Waals surface area contributed by atoms with Crippen molar-refractivity contribution in [3.8, 4) is 0 Å². The summed E-state index contributed by atoms with van der Waals surface area (Å²) in [6.07, 6.45) is 9.84. The maximum absolute atomic E-state index is 13.0. The number of aliphatic hydroxyl groups is 1. The third kappa shape index (κ3) is 2.44. The second kappa shape index (κ2) is 6.26. The summed E-state index contributed by atoms with van der Waals surface area (Å²) >= 11 is 0. The summed E-state index contributed by atoms with van der Waals surface area (Å²) < 4.78 is 12.0. The number of aliphatic hydroxyl groups excluding tert-OH is 1. The van der Waals surface area contributed by atoms with Crippen LogP contribution in [0, 0.1) is 22.7 Å². The highest BCUT2D eigenvalue weighted by atomic mass is 16.7. The molecule has 0 aromatic heterocycles. The maximum atomic E-state index is 13.0. The number of hydrogen-bond donors (Lipinski definition) is 1. The van der Waals surface area contributed by atoms with Gasteiger partial charge in [0.15, 0.2) is 11.6 Å². The van der Waals surface area contributed by atoms with Crippen molar-refractivity contribution >= 4 is 5.78 Å².